The number of amides is 1. The van der Waals surface area contributed by atoms with Crippen molar-refractivity contribution in [2.24, 2.45) is 5.92 Å². The Bertz CT molecular complexity index is 998. The Morgan fingerprint density at radius 1 is 1.30 bits per heavy atom. The lowest BCUT2D eigenvalue weighted by Crippen LogP contribution is -2.33. The van der Waals surface area contributed by atoms with E-state index in [-0.39, 0.29) is 17.2 Å². The van der Waals surface area contributed by atoms with Crippen molar-refractivity contribution >= 4 is 11.6 Å². The van der Waals surface area contributed by atoms with Gasteiger partial charge >= 0.3 is 0 Å². The van der Waals surface area contributed by atoms with Crippen LogP contribution in [-0.4, -0.2) is 34.8 Å². The lowest BCUT2D eigenvalue weighted by atomic mass is 9.77. The molecule has 9 heteroatoms. The normalized spacial score (nSPS) is 22.9. The molecule has 33 heavy (non-hydrogen) atoms. The van der Waals surface area contributed by atoms with Crippen LogP contribution in [0.1, 0.15) is 69.4 Å². The molecule has 1 aromatic carbocycles. The Morgan fingerprint density at radius 2 is 2.00 bits per heavy atom. The Kier molecular flexibility index (Phi) is 7.33. The third-order valence-electron chi connectivity index (χ3n) is 6.39. The summed E-state index contributed by atoms with van der Waals surface area (Å²) in [7, 11) is 1.20. The summed E-state index contributed by atoms with van der Waals surface area (Å²) < 4.78 is 52.6. The standard InChI is InChI=1S/C24H29F3N2O4/c1-6-17(30)16-10-7-13(11-28-16)29-23(31)21-18(12(2)24(3,4)33-21)14-8-9-15(25)19(22(26)27)20(14)32-5/h7-12,17-18,21-22,30H,6H2,1-5H3,(H,29,31)/t12-,17-,18-,21+/m0/s1. The number of nitrogens with one attached hydrogen (secondary N) is 1. The number of alkyl halides is 2. The van der Waals surface area contributed by atoms with Crippen molar-refractivity contribution in [3.8, 4) is 5.75 Å². The molecule has 6 nitrogen and oxygen atoms in total. The van der Waals surface area contributed by atoms with Crippen LogP contribution in [0.15, 0.2) is 30.5 Å². The minimum Gasteiger partial charge on any atom is -0.496 e. The molecule has 0 radical (unpaired) electrons. The van der Waals surface area contributed by atoms with E-state index in [4.69, 9.17) is 9.47 Å². The molecule has 1 aliphatic rings. The molecule has 0 saturated carbocycles. The van der Waals surface area contributed by atoms with Crippen LogP contribution in [0.4, 0.5) is 18.9 Å². The number of carbonyl (C=O) groups is 1. The van der Waals surface area contributed by atoms with Crippen LogP contribution in [0.3, 0.4) is 0 Å². The zero-order valence-corrected chi connectivity index (χ0v) is 19.2. The molecule has 3 rings (SSSR count). The van der Waals surface area contributed by atoms with Crippen molar-refractivity contribution in [1.82, 2.24) is 4.98 Å². The van der Waals surface area contributed by atoms with Crippen molar-refractivity contribution < 1.29 is 32.5 Å². The molecule has 0 aliphatic carbocycles. The summed E-state index contributed by atoms with van der Waals surface area (Å²) in [4.78, 5) is 17.4. The molecule has 2 heterocycles. The quantitative estimate of drug-likeness (QED) is 0.590. The lowest BCUT2D eigenvalue weighted by molar-refractivity contribution is -0.131. The van der Waals surface area contributed by atoms with Gasteiger partial charge in [-0.25, -0.2) is 13.2 Å². The first-order valence-corrected chi connectivity index (χ1v) is 10.8. The zero-order chi connectivity index (χ0) is 24.5. The lowest BCUT2D eigenvalue weighted by Gasteiger charge is -2.26. The fourth-order valence-corrected chi connectivity index (χ4v) is 4.24. The highest BCUT2D eigenvalue weighted by Crippen LogP contribution is 2.50. The van der Waals surface area contributed by atoms with E-state index in [1.807, 2.05) is 27.7 Å². The van der Waals surface area contributed by atoms with Gasteiger partial charge in [0.15, 0.2) is 0 Å². The summed E-state index contributed by atoms with van der Waals surface area (Å²) in [6, 6.07) is 5.56. The number of hydrogen-bond acceptors (Lipinski definition) is 5. The summed E-state index contributed by atoms with van der Waals surface area (Å²) in [6.45, 7) is 7.30. The zero-order valence-electron chi connectivity index (χ0n) is 19.2. The molecule has 2 N–H and O–H groups in total. The van der Waals surface area contributed by atoms with E-state index in [1.165, 1.54) is 19.4 Å². The maximum Gasteiger partial charge on any atom is 0.270 e. The van der Waals surface area contributed by atoms with Gasteiger partial charge in [0.2, 0.25) is 0 Å². The number of methoxy groups -OCH3 is 1. The van der Waals surface area contributed by atoms with Crippen LogP contribution in [0, 0.1) is 11.7 Å². The fourth-order valence-electron chi connectivity index (χ4n) is 4.24. The minimum atomic E-state index is -3.08. The van der Waals surface area contributed by atoms with Gasteiger partial charge in [-0.15, -0.1) is 0 Å². The van der Waals surface area contributed by atoms with Gasteiger partial charge in [-0.3, -0.25) is 9.78 Å². The molecule has 0 bridgehead atoms. The van der Waals surface area contributed by atoms with Crippen molar-refractivity contribution in [2.45, 2.75) is 64.3 Å². The van der Waals surface area contributed by atoms with Crippen LogP contribution in [0.5, 0.6) is 5.75 Å². The van der Waals surface area contributed by atoms with Crippen LogP contribution in [-0.2, 0) is 9.53 Å². The average Bonchev–Trinajstić information content (AvgIpc) is 3.02. The molecule has 2 aromatic rings. The number of anilines is 1. The molecular formula is C24H29F3N2O4. The number of aromatic nitrogens is 1. The molecule has 0 spiro atoms. The second kappa shape index (κ2) is 9.69. The van der Waals surface area contributed by atoms with Gasteiger partial charge in [0.05, 0.1) is 42.0 Å². The van der Waals surface area contributed by atoms with E-state index in [0.717, 1.165) is 6.07 Å². The highest BCUT2D eigenvalue weighted by molar-refractivity contribution is 5.95. The van der Waals surface area contributed by atoms with Gasteiger partial charge in [0, 0.05) is 11.5 Å². The highest BCUT2D eigenvalue weighted by Gasteiger charge is 2.51. The predicted molar refractivity (Wildman–Crippen MR) is 117 cm³/mol. The Balaban J connectivity index is 1.96. The maximum absolute atomic E-state index is 14.2. The Morgan fingerprint density at radius 3 is 2.55 bits per heavy atom. The SMILES string of the molecule is CC[C@H](O)c1ccc(NC(=O)[C@@H]2OC(C)(C)[C@@H](C)[C@H]2c2ccc(F)c(C(F)F)c2OC)cn1. The minimum absolute atomic E-state index is 0.277. The van der Waals surface area contributed by atoms with Gasteiger partial charge in [-0.2, -0.15) is 0 Å². The largest absolute Gasteiger partial charge is 0.496 e. The molecule has 1 saturated heterocycles. The van der Waals surface area contributed by atoms with Gasteiger partial charge in [0.25, 0.3) is 12.3 Å². The van der Waals surface area contributed by atoms with Crippen LogP contribution in [0.2, 0.25) is 0 Å². The summed E-state index contributed by atoms with van der Waals surface area (Å²) in [5.41, 5.74) is -0.432. The first-order valence-electron chi connectivity index (χ1n) is 10.8. The number of pyridine rings is 1. The molecule has 4 atom stereocenters. The van der Waals surface area contributed by atoms with Crippen LogP contribution in [0.25, 0.3) is 0 Å². The number of benzene rings is 1. The number of nitrogens with zero attached hydrogens (tertiary/aromatic N) is 1. The van der Waals surface area contributed by atoms with E-state index in [0.29, 0.717) is 17.8 Å². The highest BCUT2D eigenvalue weighted by atomic mass is 19.3. The third kappa shape index (κ3) is 4.84. The maximum atomic E-state index is 14.2. The van der Waals surface area contributed by atoms with Gasteiger partial charge in [-0.1, -0.05) is 19.9 Å². The average molecular weight is 467 g/mol. The third-order valence-corrected chi connectivity index (χ3v) is 6.39. The number of aliphatic hydroxyl groups excluding tert-OH is 1. The van der Waals surface area contributed by atoms with Crippen LogP contribution < -0.4 is 10.1 Å². The van der Waals surface area contributed by atoms with E-state index in [9.17, 15) is 23.1 Å². The Labute approximate surface area is 191 Å². The molecule has 1 amide bonds. The topological polar surface area (TPSA) is 80.7 Å². The van der Waals surface area contributed by atoms with Crippen molar-refractivity contribution in [3.05, 3.63) is 53.1 Å². The number of hydrogen-bond donors (Lipinski definition) is 2. The monoisotopic (exact) mass is 466 g/mol. The number of aliphatic hydroxyl groups is 1. The molecule has 0 unspecified atom stereocenters. The molecule has 180 valence electrons. The summed E-state index contributed by atoms with van der Waals surface area (Å²) >= 11 is 0. The number of carbonyl (C=O) groups excluding carboxylic acids is 1. The summed E-state index contributed by atoms with van der Waals surface area (Å²) in [5.74, 6) is -2.79. The van der Waals surface area contributed by atoms with E-state index < -0.39 is 47.4 Å². The molecule has 1 aliphatic heterocycles. The van der Waals surface area contributed by atoms with E-state index in [2.05, 4.69) is 10.3 Å². The number of rotatable bonds is 7. The van der Waals surface area contributed by atoms with E-state index in [1.54, 1.807) is 12.1 Å². The molecule has 1 aromatic heterocycles. The molecule has 1 fully saturated rings. The predicted octanol–water partition coefficient (Wildman–Crippen LogP) is 5.15. The first-order chi connectivity index (χ1) is 15.5. The smallest absolute Gasteiger partial charge is 0.270 e. The van der Waals surface area contributed by atoms with E-state index >= 15 is 0 Å². The second-order valence-corrected chi connectivity index (χ2v) is 8.73. The van der Waals surface area contributed by atoms with Crippen molar-refractivity contribution in [3.63, 3.8) is 0 Å². The summed E-state index contributed by atoms with van der Waals surface area (Å²) in [6.07, 6.45) is -2.89. The van der Waals surface area contributed by atoms with Gasteiger partial charge in [0.1, 0.15) is 17.7 Å². The molecular weight excluding hydrogens is 437 g/mol. The fraction of sp³-hybridized carbons (Fsp3) is 0.500. The first kappa shape index (κ1) is 25.0. The van der Waals surface area contributed by atoms with Gasteiger partial charge in [-0.05, 0) is 44.4 Å². The summed E-state index contributed by atoms with van der Waals surface area (Å²) in [5, 5.41) is 12.6. The van der Waals surface area contributed by atoms with Crippen molar-refractivity contribution in [2.75, 3.05) is 12.4 Å². The van der Waals surface area contributed by atoms with Crippen LogP contribution >= 0.6 is 0 Å². The number of halogens is 3. The second-order valence-electron chi connectivity index (χ2n) is 8.73. The number of ether oxygens (including phenoxy) is 2. The Hall–Kier alpha value is -2.65. The van der Waals surface area contributed by atoms with Crippen molar-refractivity contribution in [1.29, 1.82) is 0 Å². The van der Waals surface area contributed by atoms with Gasteiger partial charge < -0.3 is 19.9 Å².